The fourth-order valence-electron chi connectivity index (χ4n) is 3.34. The zero-order chi connectivity index (χ0) is 25.5. The van der Waals surface area contributed by atoms with Crippen LogP contribution in [0.1, 0.15) is 11.1 Å². The van der Waals surface area contributed by atoms with Crippen molar-refractivity contribution in [1.82, 2.24) is 5.32 Å². The number of amidine groups is 1. The number of para-hydroxylation sites is 1. The highest BCUT2D eigenvalue weighted by Crippen LogP contribution is 2.32. The van der Waals surface area contributed by atoms with E-state index in [0.717, 1.165) is 22.6 Å². The summed E-state index contributed by atoms with van der Waals surface area (Å²) in [5.41, 5.74) is 3.15. The minimum absolute atomic E-state index is 0.172. The van der Waals surface area contributed by atoms with Crippen molar-refractivity contribution in [2.24, 2.45) is 4.99 Å². The fourth-order valence-corrected chi connectivity index (χ4v) is 4.18. The van der Waals surface area contributed by atoms with Gasteiger partial charge in [-0.1, -0.05) is 24.3 Å². The topological polar surface area (TPSA) is 98.3 Å². The highest BCUT2D eigenvalue weighted by molar-refractivity contribution is 8.18. The molecule has 1 fully saturated rings. The van der Waals surface area contributed by atoms with Gasteiger partial charge >= 0.3 is 0 Å². The molecule has 0 aliphatic carbocycles. The average molecular weight is 504 g/mol. The summed E-state index contributed by atoms with van der Waals surface area (Å²) in [5.74, 6) is 1.09. The van der Waals surface area contributed by atoms with E-state index in [1.165, 1.54) is 18.9 Å². The highest BCUT2D eigenvalue weighted by Gasteiger charge is 2.24. The van der Waals surface area contributed by atoms with Crippen molar-refractivity contribution in [3.05, 3.63) is 82.8 Å². The molecule has 9 heteroatoms. The monoisotopic (exact) mass is 503 g/mol. The van der Waals surface area contributed by atoms with Crippen LogP contribution >= 0.6 is 11.8 Å². The number of ether oxygens (including phenoxy) is 3. The van der Waals surface area contributed by atoms with E-state index in [2.05, 4.69) is 15.6 Å². The van der Waals surface area contributed by atoms with Crippen LogP contribution in [0.5, 0.6) is 17.2 Å². The van der Waals surface area contributed by atoms with Crippen molar-refractivity contribution < 1.29 is 23.8 Å². The maximum Gasteiger partial charge on any atom is 0.264 e. The number of rotatable bonds is 8. The molecule has 1 saturated heterocycles. The number of aliphatic imine (C=N–C) groups is 1. The maximum absolute atomic E-state index is 12.5. The number of thioether (sulfide) groups is 1. The number of benzene rings is 3. The van der Waals surface area contributed by atoms with Gasteiger partial charge in [0.1, 0.15) is 5.75 Å². The molecule has 0 saturated carbocycles. The number of anilines is 1. The molecular formula is C27H25N3O5S. The lowest BCUT2D eigenvalue weighted by atomic mass is 10.2. The number of hydrogen-bond donors (Lipinski definition) is 2. The summed E-state index contributed by atoms with van der Waals surface area (Å²) in [4.78, 5) is 29.7. The van der Waals surface area contributed by atoms with E-state index in [1.807, 2.05) is 43.3 Å². The lowest BCUT2D eigenvalue weighted by molar-refractivity contribution is -0.118. The van der Waals surface area contributed by atoms with Crippen molar-refractivity contribution in [2.45, 2.75) is 6.92 Å². The van der Waals surface area contributed by atoms with E-state index in [4.69, 9.17) is 14.2 Å². The van der Waals surface area contributed by atoms with Crippen LogP contribution in [-0.2, 0) is 9.59 Å². The minimum Gasteiger partial charge on any atom is -0.497 e. The summed E-state index contributed by atoms with van der Waals surface area (Å²) in [6.45, 7) is 1.75. The molecule has 0 spiro atoms. The Morgan fingerprint density at radius 1 is 1.03 bits per heavy atom. The van der Waals surface area contributed by atoms with Crippen LogP contribution in [-0.4, -0.2) is 37.8 Å². The number of carbonyl (C=O) groups excluding carboxylic acids is 2. The van der Waals surface area contributed by atoms with E-state index < -0.39 is 0 Å². The quantitative estimate of drug-likeness (QED) is 0.424. The highest BCUT2D eigenvalue weighted by atomic mass is 32.2. The second-order valence-electron chi connectivity index (χ2n) is 7.74. The number of amides is 2. The molecule has 0 aromatic heterocycles. The van der Waals surface area contributed by atoms with Crippen molar-refractivity contribution in [2.75, 3.05) is 26.1 Å². The van der Waals surface area contributed by atoms with Gasteiger partial charge in [-0.2, -0.15) is 0 Å². The van der Waals surface area contributed by atoms with Gasteiger partial charge < -0.3 is 24.8 Å². The van der Waals surface area contributed by atoms with Gasteiger partial charge in [0, 0.05) is 5.69 Å². The molecule has 1 heterocycles. The minimum atomic E-state index is -0.278. The molecule has 0 atom stereocenters. The van der Waals surface area contributed by atoms with Crippen LogP contribution in [0.25, 0.3) is 6.08 Å². The maximum atomic E-state index is 12.5. The van der Waals surface area contributed by atoms with Gasteiger partial charge in [-0.25, -0.2) is 4.99 Å². The Labute approximate surface area is 213 Å². The molecule has 2 amide bonds. The molecule has 0 bridgehead atoms. The van der Waals surface area contributed by atoms with Crippen LogP contribution in [0.2, 0.25) is 0 Å². The molecule has 0 unspecified atom stereocenters. The number of aryl methyl sites for hydroxylation is 1. The lowest BCUT2D eigenvalue weighted by Gasteiger charge is -2.12. The Kier molecular flexibility index (Phi) is 7.92. The number of hydrogen-bond acceptors (Lipinski definition) is 7. The van der Waals surface area contributed by atoms with E-state index >= 15 is 0 Å². The van der Waals surface area contributed by atoms with Gasteiger partial charge in [-0.15, -0.1) is 0 Å². The summed E-state index contributed by atoms with van der Waals surface area (Å²) in [6, 6.07) is 20.0. The van der Waals surface area contributed by atoms with E-state index in [0.29, 0.717) is 27.3 Å². The first-order chi connectivity index (χ1) is 17.4. The first kappa shape index (κ1) is 24.9. The van der Waals surface area contributed by atoms with Crippen molar-refractivity contribution in [3.63, 3.8) is 0 Å². The third-order valence-electron chi connectivity index (χ3n) is 5.22. The van der Waals surface area contributed by atoms with Crippen LogP contribution in [0.3, 0.4) is 0 Å². The molecule has 3 aromatic rings. The first-order valence-electron chi connectivity index (χ1n) is 11.0. The molecular weight excluding hydrogens is 478 g/mol. The van der Waals surface area contributed by atoms with Crippen LogP contribution in [0.15, 0.2) is 76.6 Å². The number of carbonyl (C=O) groups is 2. The summed E-state index contributed by atoms with van der Waals surface area (Å²) >= 11 is 1.25. The Morgan fingerprint density at radius 3 is 2.53 bits per heavy atom. The van der Waals surface area contributed by atoms with E-state index in [1.54, 1.807) is 43.5 Å². The van der Waals surface area contributed by atoms with Crippen molar-refractivity contribution >= 4 is 46.2 Å². The third kappa shape index (κ3) is 6.25. The molecule has 8 nitrogen and oxygen atoms in total. The number of nitrogens with zero attached hydrogens (tertiary/aromatic N) is 1. The molecule has 4 rings (SSSR count). The van der Waals surface area contributed by atoms with E-state index in [9.17, 15) is 9.59 Å². The van der Waals surface area contributed by atoms with Crippen molar-refractivity contribution in [3.8, 4) is 17.2 Å². The van der Waals surface area contributed by atoms with Crippen LogP contribution < -0.4 is 24.8 Å². The summed E-state index contributed by atoms with van der Waals surface area (Å²) in [7, 11) is 3.12. The smallest absolute Gasteiger partial charge is 0.264 e. The zero-order valence-corrected chi connectivity index (χ0v) is 20.8. The Morgan fingerprint density at radius 2 is 1.81 bits per heavy atom. The van der Waals surface area contributed by atoms with E-state index in [-0.39, 0.29) is 18.4 Å². The second kappa shape index (κ2) is 11.5. The molecule has 1 aliphatic rings. The van der Waals surface area contributed by atoms with Gasteiger partial charge in [-0.05, 0) is 78.4 Å². The average Bonchev–Trinajstić information content (AvgIpc) is 3.23. The SMILES string of the molecule is COc1ccc(N=C2NC(=O)/C(=C\c3ccc(OCC(=O)Nc4ccccc4C)c(OC)c3)S2)cc1. The Hall–Kier alpha value is -4.24. The predicted molar refractivity (Wildman–Crippen MR) is 142 cm³/mol. The predicted octanol–water partition coefficient (Wildman–Crippen LogP) is 4.92. The molecule has 36 heavy (non-hydrogen) atoms. The summed E-state index contributed by atoms with van der Waals surface area (Å²) in [6.07, 6.45) is 1.74. The molecule has 184 valence electrons. The molecule has 1 aliphatic heterocycles. The summed E-state index contributed by atoms with van der Waals surface area (Å²) < 4.78 is 16.3. The van der Waals surface area contributed by atoms with Crippen LogP contribution in [0.4, 0.5) is 11.4 Å². The normalized spacial score (nSPS) is 15.0. The standard InChI is InChI=1S/C27H25N3O5S/c1-17-6-4-5-7-21(17)29-25(31)16-35-22-13-8-18(14-23(22)34-3)15-24-26(32)30-27(36-24)28-19-9-11-20(33-2)12-10-19/h4-15H,16H2,1-3H3,(H,29,31)(H,28,30,32)/b24-15+. The Balaban J connectivity index is 1.41. The van der Waals surface area contributed by atoms with Crippen molar-refractivity contribution in [1.29, 1.82) is 0 Å². The summed E-state index contributed by atoms with van der Waals surface area (Å²) in [5, 5.41) is 6.09. The van der Waals surface area contributed by atoms with Gasteiger partial charge in [0.25, 0.3) is 11.8 Å². The first-order valence-corrected chi connectivity index (χ1v) is 11.9. The lowest BCUT2D eigenvalue weighted by Crippen LogP contribution is -2.20. The second-order valence-corrected chi connectivity index (χ2v) is 8.77. The largest absolute Gasteiger partial charge is 0.497 e. The molecule has 3 aromatic carbocycles. The molecule has 0 radical (unpaired) electrons. The third-order valence-corrected chi connectivity index (χ3v) is 6.13. The zero-order valence-electron chi connectivity index (χ0n) is 20.0. The number of methoxy groups -OCH3 is 2. The number of nitrogens with one attached hydrogen (secondary N) is 2. The molecule has 2 N–H and O–H groups in total. The van der Waals surface area contributed by atoms with Crippen LogP contribution in [0, 0.1) is 6.92 Å². The van der Waals surface area contributed by atoms with Gasteiger partial charge in [0.05, 0.1) is 24.8 Å². The van der Waals surface area contributed by atoms with Gasteiger partial charge in [0.2, 0.25) is 0 Å². The fraction of sp³-hybridized carbons (Fsp3) is 0.148. The van der Waals surface area contributed by atoms with Gasteiger partial charge in [0.15, 0.2) is 23.3 Å². The van der Waals surface area contributed by atoms with Gasteiger partial charge in [-0.3, -0.25) is 9.59 Å². The Bertz CT molecular complexity index is 1340.